The van der Waals surface area contributed by atoms with E-state index in [9.17, 15) is 9.18 Å². The zero-order valence-electron chi connectivity index (χ0n) is 13.2. The highest BCUT2D eigenvalue weighted by Gasteiger charge is 2.25. The molecule has 1 saturated heterocycles. The van der Waals surface area contributed by atoms with Crippen molar-refractivity contribution in [2.24, 2.45) is 0 Å². The molecule has 0 bridgehead atoms. The van der Waals surface area contributed by atoms with Crippen LogP contribution in [0.3, 0.4) is 0 Å². The maximum atomic E-state index is 13.0. The molecule has 1 aliphatic heterocycles. The number of hydrogen-bond donors (Lipinski definition) is 0. The predicted molar refractivity (Wildman–Crippen MR) is 96.1 cm³/mol. The molecule has 4 heteroatoms. The van der Waals surface area contributed by atoms with Gasteiger partial charge < -0.3 is 4.90 Å². The molecule has 1 fully saturated rings. The SMILES string of the molecule is O=C(c1cc2ccccc2s1)N1CCC(c2ccc(F)cc2)CC1. The topological polar surface area (TPSA) is 20.3 Å². The van der Waals surface area contributed by atoms with Crippen molar-refractivity contribution in [2.45, 2.75) is 18.8 Å². The number of rotatable bonds is 2. The molecule has 1 aliphatic rings. The molecular weight excluding hydrogens is 321 g/mol. The van der Waals surface area contributed by atoms with Crippen molar-refractivity contribution >= 4 is 27.3 Å². The Morgan fingerprint density at radius 2 is 1.75 bits per heavy atom. The maximum Gasteiger partial charge on any atom is 0.263 e. The van der Waals surface area contributed by atoms with Crippen LogP contribution < -0.4 is 0 Å². The lowest BCUT2D eigenvalue weighted by molar-refractivity contribution is 0.0718. The smallest absolute Gasteiger partial charge is 0.263 e. The molecule has 0 aliphatic carbocycles. The van der Waals surface area contributed by atoms with Gasteiger partial charge in [-0.25, -0.2) is 4.39 Å². The number of likely N-dealkylation sites (tertiary alicyclic amines) is 1. The molecule has 2 aromatic carbocycles. The van der Waals surface area contributed by atoms with E-state index in [0.717, 1.165) is 40.9 Å². The molecule has 3 aromatic rings. The second-order valence-electron chi connectivity index (χ2n) is 6.27. The predicted octanol–water partition coefficient (Wildman–Crippen LogP) is 5.06. The summed E-state index contributed by atoms with van der Waals surface area (Å²) in [7, 11) is 0. The van der Waals surface area contributed by atoms with E-state index in [0.29, 0.717) is 5.92 Å². The van der Waals surface area contributed by atoms with E-state index in [-0.39, 0.29) is 11.7 Å². The summed E-state index contributed by atoms with van der Waals surface area (Å²) < 4.78 is 14.2. The second-order valence-corrected chi connectivity index (χ2v) is 7.35. The molecule has 2 nitrogen and oxygen atoms in total. The Morgan fingerprint density at radius 1 is 1.04 bits per heavy atom. The Hall–Kier alpha value is -2.20. The molecule has 0 N–H and O–H groups in total. The monoisotopic (exact) mass is 339 g/mol. The van der Waals surface area contributed by atoms with E-state index in [2.05, 4.69) is 6.07 Å². The van der Waals surface area contributed by atoms with E-state index in [1.54, 1.807) is 11.3 Å². The average Bonchev–Trinajstić information content (AvgIpc) is 3.06. The first-order chi connectivity index (χ1) is 11.7. The molecular formula is C20H18FNOS. The number of halogens is 1. The van der Waals surface area contributed by atoms with Crippen LogP contribution in [0.1, 0.15) is 34.0 Å². The standard InChI is InChI=1S/C20H18FNOS/c21-17-7-5-14(6-8-17)15-9-11-22(12-10-15)20(23)19-13-16-3-1-2-4-18(16)24-19/h1-8,13,15H,9-12H2. The fraction of sp³-hybridized carbons (Fsp3) is 0.250. The summed E-state index contributed by atoms with van der Waals surface area (Å²) in [4.78, 5) is 15.5. The van der Waals surface area contributed by atoms with Crippen molar-refractivity contribution in [3.63, 3.8) is 0 Å². The van der Waals surface area contributed by atoms with Crippen LogP contribution in [0, 0.1) is 5.82 Å². The lowest BCUT2D eigenvalue weighted by atomic mass is 9.89. The van der Waals surface area contributed by atoms with Gasteiger partial charge in [-0.1, -0.05) is 30.3 Å². The zero-order chi connectivity index (χ0) is 16.5. The minimum absolute atomic E-state index is 0.133. The van der Waals surface area contributed by atoms with Crippen LogP contribution in [0.15, 0.2) is 54.6 Å². The van der Waals surface area contributed by atoms with Crippen LogP contribution >= 0.6 is 11.3 Å². The van der Waals surface area contributed by atoms with Gasteiger partial charge in [0.2, 0.25) is 0 Å². The van der Waals surface area contributed by atoms with Crippen LogP contribution in [0.25, 0.3) is 10.1 Å². The van der Waals surface area contributed by atoms with Crippen molar-refractivity contribution in [3.8, 4) is 0 Å². The number of carbonyl (C=O) groups is 1. The number of nitrogens with zero attached hydrogens (tertiary/aromatic N) is 1. The number of benzene rings is 2. The number of hydrogen-bond acceptors (Lipinski definition) is 2. The van der Waals surface area contributed by atoms with Crippen LogP contribution in [0.5, 0.6) is 0 Å². The number of fused-ring (bicyclic) bond motifs is 1. The Morgan fingerprint density at radius 3 is 2.46 bits per heavy atom. The van der Waals surface area contributed by atoms with E-state index in [1.165, 1.54) is 17.7 Å². The quantitative estimate of drug-likeness (QED) is 0.639. The molecule has 4 rings (SSSR count). The summed E-state index contributed by atoms with van der Waals surface area (Å²) >= 11 is 1.56. The summed E-state index contributed by atoms with van der Waals surface area (Å²) in [6, 6.07) is 16.9. The third-order valence-corrected chi connectivity index (χ3v) is 5.86. The number of thiophene rings is 1. The third kappa shape index (κ3) is 2.94. The van der Waals surface area contributed by atoms with Gasteiger partial charge in [0.05, 0.1) is 4.88 Å². The average molecular weight is 339 g/mol. The Kier molecular flexibility index (Phi) is 4.07. The van der Waals surface area contributed by atoms with Crippen LogP contribution in [-0.2, 0) is 0 Å². The molecule has 0 radical (unpaired) electrons. The van der Waals surface area contributed by atoms with Crippen molar-refractivity contribution in [2.75, 3.05) is 13.1 Å². The first kappa shape index (κ1) is 15.3. The summed E-state index contributed by atoms with van der Waals surface area (Å²) in [5.74, 6) is 0.349. The Labute approximate surface area is 144 Å². The lowest BCUT2D eigenvalue weighted by Crippen LogP contribution is -2.37. The van der Waals surface area contributed by atoms with Gasteiger partial charge in [0.25, 0.3) is 5.91 Å². The molecule has 1 amide bonds. The molecule has 1 aromatic heterocycles. The molecule has 2 heterocycles. The van der Waals surface area contributed by atoms with Crippen molar-refractivity contribution < 1.29 is 9.18 Å². The fourth-order valence-electron chi connectivity index (χ4n) is 3.39. The van der Waals surface area contributed by atoms with Crippen molar-refractivity contribution in [1.29, 1.82) is 0 Å². The van der Waals surface area contributed by atoms with Crippen LogP contribution in [0.4, 0.5) is 4.39 Å². The number of amides is 1. The van der Waals surface area contributed by atoms with Crippen LogP contribution in [-0.4, -0.2) is 23.9 Å². The van der Waals surface area contributed by atoms with Gasteiger partial charge in [0.1, 0.15) is 5.82 Å². The van der Waals surface area contributed by atoms with Crippen LogP contribution in [0.2, 0.25) is 0 Å². The largest absolute Gasteiger partial charge is 0.338 e. The second kappa shape index (κ2) is 6.36. The number of carbonyl (C=O) groups excluding carboxylic acids is 1. The van der Waals surface area contributed by atoms with E-state index in [4.69, 9.17) is 0 Å². The Bertz CT molecular complexity index is 830. The first-order valence-corrected chi connectivity index (χ1v) is 9.06. The van der Waals surface area contributed by atoms with E-state index >= 15 is 0 Å². The number of piperidine rings is 1. The van der Waals surface area contributed by atoms with Gasteiger partial charge in [-0.05, 0) is 54.0 Å². The fourth-order valence-corrected chi connectivity index (χ4v) is 4.42. The van der Waals surface area contributed by atoms with Gasteiger partial charge in [0.15, 0.2) is 0 Å². The highest BCUT2D eigenvalue weighted by Crippen LogP contribution is 2.31. The Balaban J connectivity index is 1.45. The molecule has 24 heavy (non-hydrogen) atoms. The first-order valence-electron chi connectivity index (χ1n) is 8.24. The minimum atomic E-state index is -0.198. The molecule has 0 unspecified atom stereocenters. The van der Waals surface area contributed by atoms with E-state index < -0.39 is 0 Å². The summed E-state index contributed by atoms with van der Waals surface area (Å²) in [5.41, 5.74) is 1.17. The third-order valence-electron chi connectivity index (χ3n) is 4.76. The molecule has 122 valence electrons. The maximum absolute atomic E-state index is 13.0. The summed E-state index contributed by atoms with van der Waals surface area (Å²) in [5, 5.41) is 1.13. The molecule has 0 atom stereocenters. The van der Waals surface area contributed by atoms with Crippen molar-refractivity contribution in [3.05, 3.63) is 70.9 Å². The highest BCUT2D eigenvalue weighted by atomic mass is 32.1. The minimum Gasteiger partial charge on any atom is -0.338 e. The lowest BCUT2D eigenvalue weighted by Gasteiger charge is -2.32. The van der Waals surface area contributed by atoms with Gasteiger partial charge in [0, 0.05) is 17.8 Å². The van der Waals surface area contributed by atoms with Gasteiger partial charge in [-0.2, -0.15) is 0 Å². The van der Waals surface area contributed by atoms with E-state index in [1.807, 2.05) is 41.3 Å². The van der Waals surface area contributed by atoms with Crippen molar-refractivity contribution in [1.82, 2.24) is 4.90 Å². The van der Waals surface area contributed by atoms with Gasteiger partial charge >= 0.3 is 0 Å². The summed E-state index contributed by atoms with van der Waals surface area (Å²) in [6.45, 7) is 1.52. The molecule has 0 saturated carbocycles. The van der Waals surface area contributed by atoms with Gasteiger partial charge in [-0.15, -0.1) is 11.3 Å². The highest BCUT2D eigenvalue weighted by molar-refractivity contribution is 7.20. The zero-order valence-corrected chi connectivity index (χ0v) is 14.1. The summed E-state index contributed by atoms with van der Waals surface area (Å²) in [6.07, 6.45) is 1.87. The molecule has 0 spiro atoms. The normalized spacial score (nSPS) is 15.8. The van der Waals surface area contributed by atoms with Gasteiger partial charge in [-0.3, -0.25) is 4.79 Å².